The van der Waals surface area contributed by atoms with E-state index in [-0.39, 0.29) is 18.5 Å². The number of hydrogen-bond acceptors (Lipinski definition) is 6. The van der Waals surface area contributed by atoms with Crippen LogP contribution < -0.4 is 21.5 Å². The molecule has 0 radical (unpaired) electrons. The summed E-state index contributed by atoms with van der Waals surface area (Å²) in [6, 6.07) is 0.124. The summed E-state index contributed by atoms with van der Waals surface area (Å²) in [7, 11) is 1.80. The number of nitrogens with one attached hydrogen (secondary N) is 2. The van der Waals surface area contributed by atoms with E-state index in [1.807, 2.05) is 20.8 Å². The molecule has 0 bridgehead atoms. The summed E-state index contributed by atoms with van der Waals surface area (Å²) < 4.78 is 0. The molecule has 0 fully saturated rings. The molecule has 1 heterocycles. The molecule has 7 heteroatoms. The van der Waals surface area contributed by atoms with Gasteiger partial charge in [0.25, 0.3) is 0 Å². The summed E-state index contributed by atoms with van der Waals surface area (Å²) in [5.74, 6) is 6.22. The first-order valence-electron chi connectivity index (χ1n) is 5.74. The Balaban J connectivity index is 2.77. The summed E-state index contributed by atoms with van der Waals surface area (Å²) in [6.45, 7) is 5.96. The standard InChI is InChI=1S/C11H20N6O/c1-7(2)14-9(18)6-17(4)10-8(3)5-13-11(15-10)16-12/h5,7H,6,12H2,1-4H3,(H,14,18)(H,13,15,16). The zero-order valence-electron chi connectivity index (χ0n) is 11.2. The zero-order chi connectivity index (χ0) is 13.7. The molecule has 0 saturated carbocycles. The Hall–Kier alpha value is -1.89. The number of aryl methyl sites for hydroxylation is 1. The molecule has 4 N–H and O–H groups in total. The van der Waals surface area contributed by atoms with Crippen molar-refractivity contribution in [1.82, 2.24) is 15.3 Å². The van der Waals surface area contributed by atoms with Crippen molar-refractivity contribution in [2.45, 2.75) is 26.8 Å². The fourth-order valence-corrected chi connectivity index (χ4v) is 1.55. The second kappa shape index (κ2) is 6.15. The van der Waals surface area contributed by atoms with Crippen LogP contribution in [0.4, 0.5) is 11.8 Å². The molecule has 0 aliphatic carbocycles. The van der Waals surface area contributed by atoms with Gasteiger partial charge >= 0.3 is 0 Å². The Morgan fingerprint density at radius 3 is 2.78 bits per heavy atom. The van der Waals surface area contributed by atoms with Crippen LogP contribution in [-0.2, 0) is 4.79 Å². The fraction of sp³-hybridized carbons (Fsp3) is 0.545. The Bertz CT molecular complexity index is 420. The van der Waals surface area contributed by atoms with E-state index >= 15 is 0 Å². The van der Waals surface area contributed by atoms with Crippen LogP contribution in [0.25, 0.3) is 0 Å². The molecule has 0 aromatic carbocycles. The minimum atomic E-state index is -0.0484. The van der Waals surface area contributed by atoms with E-state index in [2.05, 4.69) is 20.7 Å². The molecular weight excluding hydrogens is 232 g/mol. The van der Waals surface area contributed by atoms with Crippen LogP contribution in [0, 0.1) is 6.92 Å². The zero-order valence-corrected chi connectivity index (χ0v) is 11.2. The largest absolute Gasteiger partial charge is 0.352 e. The van der Waals surface area contributed by atoms with E-state index in [0.717, 1.165) is 5.56 Å². The molecule has 0 atom stereocenters. The number of likely N-dealkylation sites (N-methyl/N-ethyl adjacent to an activating group) is 1. The van der Waals surface area contributed by atoms with Gasteiger partial charge in [0.1, 0.15) is 5.82 Å². The molecule has 1 aromatic rings. The predicted molar refractivity (Wildman–Crippen MR) is 71.1 cm³/mol. The van der Waals surface area contributed by atoms with Crippen LogP contribution in [0.3, 0.4) is 0 Å². The van der Waals surface area contributed by atoms with E-state index in [0.29, 0.717) is 11.8 Å². The van der Waals surface area contributed by atoms with E-state index in [1.165, 1.54) is 0 Å². The molecule has 1 rings (SSSR count). The van der Waals surface area contributed by atoms with E-state index in [9.17, 15) is 4.79 Å². The van der Waals surface area contributed by atoms with Gasteiger partial charge in [-0.25, -0.2) is 10.8 Å². The van der Waals surface area contributed by atoms with Crippen LogP contribution in [-0.4, -0.2) is 35.5 Å². The van der Waals surface area contributed by atoms with E-state index < -0.39 is 0 Å². The summed E-state index contributed by atoms with van der Waals surface area (Å²) in [5, 5.41) is 2.83. The van der Waals surface area contributed by atoms with Crippen molar-refractivity contribution in [2.75, 3.05) is 23.9 Å². The molecule has 18 heavy (non-hydrogen) atoms. The monoisotopic (exact) mass is 252 g/mol. The molecule has 100 valence electrons. The van der Waals surface area contributed by atoms with E-state index in [4.69, 9.17) is 5.84 Å². The van der Waals surface area contributed by atoms with Crippen molar-refractivity contribution in [2.24, 2.45) is 5.84 Å². The molecule has 0 saturated heterocycles. The van der Waals surface area contributed by atoms with Crippen molar-refractivity contribution in [3.05, 3.63) is 11.8 Å². The topological polar surface area (TPSA) is 96.2 Å². The predicted octanol–water partition coefficient (Wildman–Crippen LogP) is 0.0314. The van der Waals surface area contributed by atoms with Crippen molar-refractivity contribution >= 4 is 17.7 Å². The van der Waals surface area contributed by atoms with Crippen molar-refractivity contribution < 1.29 is 4.79 Å². The highest BCUT2D eigenvalue weighted by atomic mass is 16.2. The lowest BCUT2D eigenvalue weighted by Crippen LogP contribution is -2.39. The number of hydrazine groups is 1. The third-order valence-corrected chi connectivity index (χ3v) is 2.27. The molecule has 0 aliphatic rings. The second-order valence-electron chi connectivity index (χ2n) is 4.42. The molecule has 0 spiro atoms. The minimum absolute atomic E-state index is 0.0484. The van der Waals surface area contributed by atoms with Gasteiger partial charge in [-0.2, -0.15) is 4.98 Å². The van der Waals surface area contributed by atoms with Gasteiger partial charge in [-0.15, -0.1) is 0 Å². The van der Waals surface area contributed by atoms with Gasteiger partial charge in [-0.3, -0.25) is 10.2 Å². The average Bonchev–Trinajstić information content (AvgIpc) is 2.28. The first-order valence-corrected chi connectivity index (χ1v) is 5.74. The number of nitrogen functional groups attached to an aromatic ring is 1. The summed E-state index contributed by atoms with van der Waals surface area (Å²) in [5.41, 5.74) is 3.27. The SMILES string of the molecule is Cc1cnc(NN)nc1N(C)CC(=O)NC(C)C. The highest BCUT2D eigenvalue weighted by Gasteiger charge is 2.12. The second-order valence-corrected chi connectivity index (χ2v) is 4.42. The van der Waals surface area contributed by atoms with Crippen LogP contribution in [0.15, 0.2) is 6.20 Å². The lowest BCUT2D eigenvalue weighted by molar-refractivity contribution is -0.120. The van der Waals surface area contributed by atoms with Gasteiger partial charge in [0.15, 0.2) is 0 Å². The molecule has 0 aliphatic heterocycles. The molecular formula is C11H20N6O. The molecule has 1 amide bonds. The van der Waals surface area contributed by atoms with Gasteiger partial charge in [-0.05, 0) is 20.8 Å². The summed E-state index contributed by atoms with van der Waals surface area (Å²) >= 11 is 0. The van der Waals surface area contributed by atoms with Crippen LogP contribution in [0.1, 0.15) is 19.4 Å². The Morgan fingerprint density at radius 2 is 2.22 bits per heavy atom. The fourth-order valence-electron chi connectivity index (χ4n) is 1.55. The number of carbonyl (C=O) groups is 1. The number of hydrogen-bond donors (Lipinski definition) is 3. The number of amides is 1. The van der Waals surface area contributed by atoms with Crippen molar-refractivity contribution in [3.63, 3.8) is 0 Å². The number of carbonyl (C=O) groups excluding carboxylic acids is 1. The quantitative estimate of drug-likeness (QED) is 0.505. The maximum Gasteiger partial charge on any atom is 0.239 e. The third kappa shape index (κ3) is 3.85. The van der Waals surface area contributed by atoms with Gasteiger partial charge in [0.2, 0.25) is 11.9 Å². The number of anilines is 2. The summed E-state index contributed by atoms with van der Waals surface area (Å²) in [6.07, 6.45) is 1.66. The first kappa shape index (κ1) is 14.2. The lowest BCUT2D eigenvalue weighted by Gasteiger charge is -2.20. The van der Waals surface area contributed by atoms with Crippen LogP contribution in [0.2, 0.25) is 0 Å². The molecule has 0 unspecified atom stereocenters. The summed E-state index contributed by atoms with van der Waals surface area (Å²) in [4.78, 5) is 21.6. The maximum absolute atomic E-state index is 11.7. The Labute approximate surface area is 107 Å². The van der Waals surface area contributed by atoms with Crippen LogP contribution in [0.5, 0.6) is 0 Å². The highest BCUT2D eigenvalue weighted by Crippen LogP contribution is 2.15. The van der Waals surface area contributed by atoms with Gasteiger partial charge < -0.3 is 10.2 Å². The minimum Gasteiger partial charge on any atom is -0.352 e. The molecule has 7 nitrogen and oxygen atoms in total. The van der Waals surface area contributed by atoms with Gasteiger partial charge in [-0.1, -0.05) is 0 Å². The smallest absolute Gasteiger partial charge is 0.239 e. The highest BCUT2D eigenvalue weighted by molar-refractivity contribution is 5.81. The van der Waals surface area contributed by atoms with Gasteiger partial charge in [0, 0.05) is 24.8 Å². The number of nitrogens with two attached hydrogens (primary N) is 1. The lowest BCUT2D eigenvalue weighted by atomic mass is 10.3. The average molecular weight is 252 g/mol. The maximum atomic E-state index is 11.7. The van der Waals surface area contributed by atoms with E-state index in [1.54, 1.807) is 18.1 Å². The first-order chi connectivity index (χ1) is 8.43. The number of aromatic nitrogens is 2. The number of nitrogens with zero attached hydrogens (tertiary/aromatic N) is 3. The van der Waals surface area contributed by atoms with Crippen LogP contribution >= 0.6 is 0 Å². The normalized spacial score (nSPS) is 10.3. The number of rotatable bonds is 5. The van der Waals surface area contributed by atoms with Crippen molar-refractivity contribution in [3.8, 4) is 0 Å². The molecule has 1 aromatic heterocycles. The third-order valence-electron chi connectivity index (χ3n) is 2.27. The van der Waals surface area contributed by atoms with Gasteiger partial charge in [0.05, 0.1) is 6.54 Å². The Morgan fingerprint density at radius 1 is 1.56 bits per heavy atom. The van der Waals surface area contributed by atoms with Crippen molar-refractivity contribution in [1.29, 1.82) is 0 Å². The Kier molecular flexibility index (Phi) is 4.85.